The van der Waals surface area contributed by atoms with Crippen molar-refractivity contribution < 1.29 is 4.79 Å². The number of hydrogen-bond acceptors (Lipinski definition) is 4. The van der Waals surface area contributed by atoms with Gasteiger partial charge in [-0.2, -0.15) is 0 Å². The number of aryl methyl sites for hydroxylation is 1. The topological polar surface area (TPSA) is 62.5 Å². The van der Waals surface area contributed by atoms with Gasteiger partial charge in [0.15, 0.2) is 5.65 Å². The Morgan fingerprint density at radius 1 is 1.26 bits per heavy atom. The molecule has 1 saturated heterocycles. The van der Waals surface area contributed by atoms with Crippen LogP contribution >= 0.6 is 11.6 Å². The average Bonchev–Trinajstić information content (AvgIpc) is 3.12. The zero-order chi connectivity index (χ0) is 18.8. The molecule has 27 heavy (non-hydrogen) atoms. The van der Waals surface area contributed by atoms with E-state index in [4.69, 9.17) is 11.6 Å². The van der Waals surface area contributed by atoms with Crippen molar-refractivity contribution in [1.29, 1.82) is 0 Å². The summed E-state index contributed by atoms with van der Waals surface area (Å²) in [6, 6.07) is 13.5. The molecule has 140 valence electrons. The van der Waals surface area contributed by atoms with Crippen LogP contribution in [-0.4, -0.2) is 33.6 Å². The fraction of sp³-hybridized carbons (Fsp3) is 0.350. The van der Waals surface area contributed by atoms with Crippen molar-refractivity contribution in [3.63, 3.8) is 0 Å². The van der Waals surface area contributed by atoms with Crippen LogP contribution in [0.1, 0.15) is 24.1 Å². The zero-order valence-electron chi connectivity index (χ0n) is 15.2. The average molecular weight is 384 g/mol. The Morgan fingerprint density at radius 3 is 2.96 bits per heavy atom. The van der Waals surface area contributed by atoms with Gasteiger partial charge in [-0.05, 0) is 49.6 Å². The smallest absolute Gasteiger partial charge is 0.231 e. The van der Waals surface area contributed by atoms with E-state index >= 15 is 0 Å². The summed E-state index contributed by atoms with van der Waals surface area (Å²) in [6.07, 6.45) is 1.84. The van der Waals surface area contributed by atoms with E-state index in [2.05, 4.69) is 20.4 Å². The highest BCUT2D eigenvalue weighted by Gasteiger charge is 2.28. The van der Waals surface area contributed by atoms with Crippen molar-refractivity contribution in [3.8, 4) is 0 Å². The largest absolute Gasteiger partial charge is 0.352 e. The second-order valence-electron chi connectivity index (χ2n) is 6.99. The van der Waals surface area contributed by atoms with Crippen molar-refractivity contribution in [1.82, 2.24) is 19.9 Å². The Bertz CT molecular complexity index is 970. The molecule has 0 radical (unpaired) electrons. The molecule has 1 fully saturated rings. The molecular weight excluding hydrogens is 362 g/mol. The van der Waals surface area contributed by atoms with E-state index in [1.807, 2.05) is 53.8 Å². The summed E-state index contributed by atoms with van der Waals surface area (Å²) in [5, 5.41) is 12.4. The van der Waals surface area contributed by atoms with Crippen LogP contribution in [0, 0.1) is 12.8 Å². The molecule has 1 atom stereocenters. The Hall–Kier alpha value is -2.60. The quantitative estimate of drug-likeness (QED) is 0.751. The molecule has 6 nitrogen and oxygen atoms in total. The lowest BCUT2D eigenvalue weighted by atomic mass is 9.97. The van der Waals surface area contributed by atoms with Gasteiger partial charge >= 0.3 is 0 Å². The number of pyridine rings is 1. The number of rotatable bonds is 4. The number of carbonyl (C=O) groups excluding carboxylic acids is 1. The number of carbonyl (C=O) groups is 1. The molecule has 2 aromatic heterocycles. The lowest BCUT2D eigenvalue weighted by Crippen LogP contribution is -2.43. The molecule has 1 N–H and O–H groups in total. The third-order valence-electron chi connectivity index (χ3n) is 5.04. The van der Waals surface area contributed by atoms with E-state index in [-0.39, 0.29) is 11.8 Å². The first-order valence-electron chi connectivity index (χ1n) is 9.19. The van der Waals surface area contributed by atoms with Crippen molar-refractivity contribution in [3.05, 3.63) is 58.7 Å². The van der Waals surface area contributed by atoms with Gasteiger partial charge in [0.05, 0.1) is 5.92 Å². The highest BCUT2D eigenvalue weighted by molar-refractivity contribution is 6.30. The first kappa shape index (κ1) is 17.8. The van der Waals surface area contributed by atoms with Crippen LogP contribution in [0.4, 0.5) is 5.95 Å². The molecule has 1 aromatic carbocycles. The van der Waals surface area contributed by atoms with Gasteiger partial charge in [-0.15, -0.1) is 10.2 Å². The molecule has 3 heterocycles. The van der Waals surface area contributed by atoms with Crippen LogP contribution < -0.4 is 10.2 Å². The van der Waals surface area contributed by atoms with Crippen molar-refractivity contribution in [2.75, 3.05) is 18.0 Å². The lowest BCUT2D eigenvalue weighted by Gasteiger charge is -2.32. The molecule has 1 aliphatic rings. The number of benzene rings is 1. The molecule has 0 unspecified atom stereocenters. The predicted octanol–water partition coefficient (Wildman–Crippen LogP) is 3.22. The molecule has 0 saturated carbocycles. The number of nitrogens with one attached hydrogen (secondary N) is 1. The normalized spacial score (nSPS) is 17.3. The first-order valence-corrected chi connectivity index (χ1v) is 9.57. The molecule has 0 aliphatic carbocycles. The molecule has 3 aromatic rings. The third kappa shape index (κ3) is 3.76. The summed E-state index contributed by atoms with van der Waals surface area (Å²) in [6.45, 7) is 4.06. The van der Waals surface area contributed by atoms with Gasteiger partial charge in [0.2, 0.25) is 11.9 Å². The van der Waals surface area contributed by atoms with Crippen molar-refractivity contribution in [2.24, 2.45) is 5.92 Å². The third-order valence-corrected chi connectivity index (χ3v) is 5.27. The van der Waals surface area contributed by atoms with Gasteiger partial charge in [0, 0.05) is 30.4 Å². The number of nitrogens with zero attached hydrogens (tertiary/aromatic N) is 4. The van der Waals surface area contributed by atoms with Crippen LogP contribution in [0.2, 0.25) is 5.02 Å². The van der Waals surface area contributed by atoms with Gasteiger partial charge in [0.1, 0.15) is 0 Å². The van der Waals surface area contributed by atoms with Crippen LogP contribution in [0.5, 0.6) is 0 Å². The Kier molecular flexibility index (Phi) is 4.99. The first-order chi connectivity index (χ1) is 13.1. The fourth-order valence-corrected chi connectivity index (χ4v) is 3.85. The summed E-state index contributed by atoms with van der Waals surface area (Å²) in [5.41, 5.74) is 2.92. The number of anilines is 1. The number of hydrogen-bond donors (Lipinski definition) is 1. The van der Waals surface area contributed by atoms with E-state index in [0.717, 1.165) is 42.2 Å². The molecule has 0 spiro atoms. The standard InChI is InChI=1S/C20H22ClN5O/c1-14-5-2-9-18-23-24-20(26(14)18)25-10-4-7-16(13-25)19(27)22-12-15-6-3-8-17(21)11-15/h2-3,5-6,8-9,11,16H,4,7,10,12-13H2,1H3,(H,22,27)/t16-/m1/s1. The molecule has 4 rings (SSSR count). The maximum Gasteiger partial charge on any atom is 0.231 e. The van der Waals surface area contributed by atoms with Gasteiger partial charge < -0.3 is 10.2 Å². The van der Waals surface area contributed by atoms with E-state index in [9.17, 15) is 4.79 Å². The summed E-state index contributed by atoms with van der Waals surface area (Å²) < 4.78 is 2.05. The van der Waals surface area contributed by atoms with Crippen molar-refractivity contribution in [2.45, 2.75) is 26.3 Å². The highest BCUT2D eigenvalue weighted by Crippen LogP contribution is 2.23. The second-order valence-corrected chi connectivity index (χ2v) is 7.43. The van der Waals surface area contributed by atoms with Crippen LogP contribution in [0.15, 0.2) is 42.5 Å². The van der Waals surface area contributed by atoms with Crippen LogP contribution in [0.3, 0.4) is 0 Å². The van der Waals surface area contributed by atoms with E-state index in [1.54, 1.807) is 0 Å². The molecule has 1 amide bonds. The zero-order valence-corrected chi connectivity index (χ0v) is 16.0. The summed E-state index contributed by atoms with van der Waals surface area (Å²) in [7, 11) is 0. The monoisotopic (exact) mass is 383 g/mol. The summed E-state index contributed by atoms with van der Waals surface area (Å²) >= 11 is 6.01. The lowest BCUT2D eigenvalue weighted by molar-refractivity contribution is -0.125. The van der Waals surface area contributed by atoms with Gasteiger partial charge in [-0.25, -0.2) is 0 Å². The SMILES string of the molecule is Cc1cccc2nnc(N3CCC[C@@H](C(=O)NCc4cccc(Cl)c4)C3)n12. The minimum absolute atomic E-state index is 0.0608. The van der Waals surface area contributed by atoms with Crippen LogP contribution in [-0.2, 0) is 11.3 Å². The van der Waals surface area contributed by atoms with Crippen molar-refractivity contribution >= 4 is 29.1 Å². The summed E-state index contributed by atoms with van der Waals surface area (Å²) in [4.78, 5) is 14.9. The number of fused-ring (bicyclic) bond motifs is 1. The minimum Gasteiger partial charge on any atom is -0.352 e. The molecule has 0 bridgehead atoms. The Labute approximate surface area is 163 Å². The molecule has 7 heteroatoms. The second kappa shape index (κ2) is 7.56. The predicted molar refractivity (Wildman–Crippen MR) is 106 cm³/mol. The fourth-order valence-electron chi connectivity index (χ4n) is 3.64. The molecular formula is C20H22ClN5O. The molecule has 1 aliphatic heterocycles. The summed E-state index contributed by atoms with van der Waals surface area (Å²) in [5.74, 6) is 0.829. The van der Waals surface area contributed by atoms with Crippen LogP contribution in [0.25, 0.3) is 5.65 Å². The van der Waals surface area contributed by atoms with E-state index in [1.165, 1.54) is 0 Å². The van der Waals surface area contributed by atoms with Gasteiger partial charge in [-0.1, -0.05) is 29.8 Å². The number of aromatic nitrogens is 3. The number of amides is 1. The maximum absolute atomic E-state index is 12.7. The number of halogens is 1. The van der Waals surface area contributed by atoms with E-state index < -0.39 is 0 Å². The Morgan fingerprint density at radius 2 is 2.11 bits per heavy atom. The highest BCUT2D eigenvalue weighted by atomic mass is 35.5. The Balaban J connectivity index is 1.45. The minimum atomic E-state index is -0.0608. The van der Waals surface area contributed by atoms with Gasteiger partial charge in [0.25, 0.3) is 0 Å². The van der Waals surface area contributed by atoms with E-state index in [0.29, 0.717) is 18.1 Å². The number of piperidine rings is 1. The maximum atomic E-state index is 12.7. The van der Waals surface area contributed by atoms with Gasteiger partial charge in [-0.3, -0.25) is 9.20 Å².